The molecule has 0 radical (unpaired) electrons. The first-order chi connectivity index (χ1) is 12.9. The highest BCUT2D eigenvalue weighted by atomic mass is 32.2. The Balaban J connectivity index is 1.86. The molecule has 0 bridgehead atoms. The van der Waals surface area contributed by atoms with Gasteiger partial charge in [0.25, 0.3) is 5.91 Å². The van der Waals surface area contributed by atoms with Crippen LogP contribution in [0.3, 0.4) is 0 Å². The smallest absolute Gasteiger partial charge is 0.258 e. The lowest BCUT2D eigenvalue weighted by Crippen LogP contribution is -2.35. The van der Waals surface area contributed by atoms with Gasteiger partial charge in [-0.15, -0.1) is 0 Å². The monoisotopic (exact) mass is 388 g/mol. The number of ether oxygens (including phenoxy) is 1. The van der Waals surface area contributed by atoms with E-state index >= 15 is 0 Å². The number of hydrogen-bond acceptors (Lipinski definition) is 5. The maximum absolute atomic E-state index is 13.1. The second-order valence-electron chi connectivity index (χ2n) is 6.66. The number of hydrogen-bond donors (Lipinski definition) is 0. The Hall–Kier alpha value is -2.22. The van der Waals surface area contributed by atoms with E-state index in [1.165, 1.54) is 19.2 Å². The maximum atomic E-state index is 13.1. The lowest BCUT2D eigenvalue weighted by molar-refractivity contribution is 0.0986. The van der Waals surface area contributed by atoms with Crippen molar-refractivity contribution >= 4 is 21.4 Å². The maximum Gasteiger partial charge on any atom is 0.258 e. The molecule has 0 spiro atoms. The molecule has 1 heterocycles. The van der Waals surface area contributed by atoms with Crippen LogP contribution < -0.4 is 4.90 Å². The number of anilines is 1. The normalized spacial score (nSPS) is 15.3. The highest BCUT2D eigenvalue weighted by molar-refractivity contribution is 7.91. The zero-order chi connectivity index (χ0) is 19.4. The Kier molecular flexibility index (Phi) is 5.94. The number of methoxy groups -OCH3 is 1. The highest BCUT2D eigenvalue weighted by Gasteiger charge is 2.24. The number of carbonyl (C=O) groups is 1. The van der Waals surface area contributed by atoms with Gasteiger partial charge in [0.2, 0.25) is 0 Å². The topological polar surface area (TPSA) is 66.9 Å². The fourth-order valence-corrected chi connectivity index (χ4v) is 4.32. The van der Waals surface area contributed by atoms with E-state index in [2.05, 4.69) is 4.90 Å². The van der Waals surface area contributed by atoms with Crippen LogP contribution in [0.25, 0.3) is 0 Å². The molecule has 0 atom stereocenters. The molecule has 0 N–H and O–H groups in total. The molecular formula is C20H24N2O4S. The number of amides is 1. The largest absolute Gasteiger partial charge is 0.384 e. The number of benzene rings is 2. The Morgan fingerprint density at radius 3 is 2.48 bits per heavy atom. The van der Waals surface area contributed by atoms with Gasteiger partial charge >= 0.3 is 0 Å². The molecule has 1 aliphatic heterocycles. The van der Waals surface area contributed by atoms with Gasteiger partial charge in [-0.3, -0.25) is 4.79 Å². The highest BCUT2D eigenvalue weighted by Crippen LogP contribution is 2.26. The zero-order valence-corrected chi connectivity index (χ0v) is 16.4. The van der Waals surface area contributed by atoms with Gasteiger partial charge in [0.15, 0.2) is 9.84 Å². The van der Waals surface area contributed by atoms with Crippen molar-refractivity contribution < 1.29 is 17.9 Å². The van der Waals surface area contributed by atoms with E-state index in [4.69, 9.17) is 4.74 Å². The van der Waals surface area contributed by atoms with Gasteiger partial charge in [0, 0.05) is 38.0 Å². The minimum Gasteiger partial charge on any atom is -0.384 e. The summed E-state index contributed by atoms with van der Waals surface area (Å²) in [5.74, 6) is -0.207. The summed E-state index contributed by atoms with van der Waals surface area (Å²) in [4.78, 5) is 17.2. The average Bonchev–Trinajstić information content (AvgIpc) is 2.84. The SMILES string of the molecule is COCCS(=O)(=O)c1ccc(C(=O)N2CCN(C)Cc3ccccc32)cc1. The van der Waals surface area contributed by atoms with Crippen LogP contribution in [0.2, 0.25) is 0 Å². The van der Waals surface area contributed by atoms with E-state index in [0.717, 1.165) is 24.3 Å². The lowest BCUT2D eigenvalue weighted by Gasteiger charge is -2.23. The first-order valence-electron chi connectivity index (χ1n) is 8.82. The molecule has 0 aliphatic carbocycles. The third-order valence-electron chi connectivity index (χ3n) is 4.69. The molecule has 1 aliphatic rings. The summed E-state index contributed by atoms with van der Waals surface area (Å²) in [6.07, 6.45) is 0. The van der Waals surface area contributed by atoms with Crippen molar-refractivity contribution in [2.45, 2.75) is 11.4 Å². The number of likely N-dealkylation sites (N-methyl/N-ethyl adjacent to an activating group) is 1. The molecule has 3 rings (SSSR count). The average molecular weight is 388 g/mol. The molecule has 27 heavy (non-hydrogen) atoms. The minimum atomic E-state index is -3.41. The third-order valence-corrected chi connectivity index (χ3v) is 6.38. The van der Waals surface area contributed by atoms with Gasteiger partial charge in [0.05, 0.1) is 17.3 Å². The predicted molar refractivity (Wildman–Crippen MR) is 105 cm³/mol. The fourth-order valence-electron chi connectivity index (χ4n) is 3.15. The predicted octanol–water partition coefficient (Wildman–Crippen LogP) is 2.20. The number of rotatable bonds is 5. The quantitative estimate of drug-likeness (QED) is 0.786. The van der Waals surface area contributed by atoms with Crippen molar-refractivity contribution in [3.8, 4) is 0 Å². The minimum absolute atomic E-state index is 0.0807. The van der Waals surface area contributed by atoms with Crippen LogP contribution in [0.4, 0.5) is 5.69 Å². The molecular weight excluding hydrogens is 364 g/mol. The number of para-hydroxylation sites is 1. The first kappa shape index (κ1) is 19.5. The number of nitrogens with zero attached hydrogens (tertiary/aromatic N) is 2. The summed E-state index contributed by atoms with van der Waals surface area (Å²) < 4.78 is 29.3. The summed E-state index contributed by atoms with van der Waals surface area (Å²) in [6, 6.07) is 14.0. The van der Waals surface area contributed by atoms with Crippen LogP contribution in [0.5, 0.6) is 0 Å². The summed E-state index contributed by atoms with van der Waals surface area (Å²) >= 11 is 0. The molecule has 6 nitrogen and oxygen atoms in total. The molecule has 0 unspecified atom stereocenters. The van der Waals surface area contributed by atoms with Crippen molar-refractivity contribution in [2.24, 2.45) is 0 Å². The van der Waals surface area contributed by atoms with Crippen LogP contribution in [0, 0.1) is 0 Å². The molecule has 144 valence electrons. The molecule has 0 fully saturated rings. The molecule has 0 saturated heterocycles. The second kappa shape index (κ2) is 8.21. The standard InChI is InChI=1S/C20H24N2O4S/c1-21-11-12-22(19-6-4-3-5-17(19)15-21)20(23)16-7-9-18(10-8-16)27(24,25)14-13-26-2/h3-10H,11-15H2,1-2H3. The van der Waals surface area contributed by atoms with Crippen molar-refractivity contribution in [1.82, 2.24) is 4.90 Å². The Bertz CT molecular complexity index is 910. The van der Waals surface area contributed by atoms with E-state index < -0.39 is 9.84 Å². The Morgan fingerprint density at radius 2 is 1.78 bits per heavy atom. The van der Waals surface area contributed by atoms with Crippen molar-refractivity contribution in [2.75, 3.05) is 44.5 Å². The van der Waals surface area contributed by atoms with Crippen molar-refractivity contribution in [1.29, 1.82) is 0 Å². The van der Waals surface area contributed by atoms with Gasteiger partial charge in [0.1, 0.15) is 0 Å². The van der Waals surface area contributed by atoms with Gasteiger partial charge in [-0.25, -0.2) is 8.42 Å². The molecule has 7 heteroatoms. The van der Waals surface area contributed by atoms with Crippen molar-refractivity contribution in [3.63, 3.8) is 0 Å². The van der Waals surface area contributed by atoms with Crippen molar-refractivity contribution in [3.05, 3.63) is 59.7 Å². The van der Waals surface area contributed by atoms with Gasteiger partial charge in [-0.2, -0.15) is 0 Å². The molecule has 1 amide bonds. The van der Waals surface area contributed by atoms with Crippen LogP contribution >= 0.6 is 0 Å². The van der Waals surface area contributed by atoms with Crippen LogP contribution in [0.15, 0.2) is 53.4 Å². The fraction of sp³-hybridized carbons (Fsp3) is 0.350. The Labute approximate surface area is 160 Å². The van der Waals surface area contributed by atoms with Crippen LogP contribution in [-0.2, 0) is 21.1 Å². The van der Waals surface area contributed by atoms with Crippen LogP contribution in [-0.4, -0.2) is 58.8 Å². The first-order valence-corrected chi connectivity index (χ1v) is 10.5. The Morgan fingerprint density at radius 1 is 1.07 bits per heavy atom. The second-order valence-corrected chi connectivity index (χ2v) is 8.77. The van der Waals surface area contributed by atoms with E-state index in [-0.39, 0.29) is 23.2 Å². The number of fused-ring (bicyclic) bond motifs is 1. The number of sulfone groups is 1. The zero-order valence-electron chi connectivity index (χ0n) is 15.6. The lowest BCUT2D eigenvalue weighted by atomic mass is 10.1. The summed E-state index contributed by atoms with van der Waals surface area (Å²) in [5.41, 5.74) is 2.48. The summed E-state index contributed by atoms with van der Waals surface area (Å²) in [5, 5.41) is 0. The van der Waals surface area contributed by atoms with E-state index in [1.807, 2.05) is 31.3 Å². The molecule has 0 saturated carbocycles. The third kappa shape index (κ3) is 4.37. The van der Waals surface area contributed by atoms with E-state index in [0.29, 0.717) is 12.1 Å². The van der Waals surface area contributed by atoms with Gasteiger partial charge < -0.3 is 14.5 Å². The number of carbonyl (C=O) groups excluding carboxylic acids is 1. The molecule has 0 aromatic heterocycles. The van der Waals surface area contributed by atoms with Crippen LogP contribution in [0.1, 0.15) is 15.9 Å². The van der Waals surface area contributed by atoms with Gasteiger partial charge in [-0.05, 0) is 42.9 Å². The molecule has 2 aromatic rings. The van der Waals surface area contributed by atoms with Gasteiger partial charge in [-0.1, -0.05) is 18.2 Å². The summed E-state index contributed by atoms with van der Waals surface area (Å²) in [7, 11) is 0.0901. The van der Waals surface area contributed by atoms with E-state index in [1.54, 1.807) is 17.0 Å². The van der Waals surface area contributed by atoms with E-state index in [9.17, 15) is 13.2 Å². The molecule has 2 aromatic carbocycles. The summed E-state index contributed by atoms with van der Waals surface area (Å²) in [6.45, 7) is 2.28.